The predicted octanol–water partition coefficient (Wildman–Crippen LogP) is 2.81. The van der Waals surface area contributed by atoms with E-state index in [-0.39, 0.29) is 0 Å². The first-order valence-electron chi connectivity index (χ1n) is 4.73. The number of halogens is 1. The van der Waals surface area contributed by atoms with E-state index in [4.69, 9.17) is 23.1 Å². The van der Waals surface area contributed by atoms with Crippen molar-refractivity contribution in [2.45, 2.75) is 32.7 Å². The molecule has 0 aliphatic heterocycles. The van der Waals surface area contributed by atoms with E-state index in [0.717, 1.165) is 23.2 Å². The van der Waals surface area contributed by atoms with E-state index in [1.165, 1.54) is 0 Å². The second-order valence-corrected chi connectivity index (χ2v) is 4.39. The van der Waals surface area contributed by atoms with Gasteiger partial charge in [0.2, 0.25) is 0 Å². The second-order valence-electron chi connectivity index (χ2n) is 3.95. The Balaban J connectivity index is 3.34. The number of hydrogen-bond acceptors (Lipinski definition) is 2. The number of aryl methyl sites for hydroxylation is 1. The van der Waals surface area contributed by atoms with Crippen LogP contribution in [0.25, 0.3) is 0 Å². The summed E-state index contributed by atoms with van der Waals surface area (Å²) in [5.41, 5.74) is 14.4. The number of hydrogen-bond donors (Lipinski definition) is 2. The molecule has 0 saturated carbocycles. The van der Waals surface area contributed by atoms with Gasteiger partial charge in [-0.3, -0.25) is 0 Å². The van der Waals surface area contributed by atoms with Gasteiger partial charge in [-0.1, -0.05) is 18.5 Å². The summed E-state index contributed by atoms with van der Waals surface area (Å²) < 4.78 is 0. The van der Waals surface area contributed by atoms with E-state index >= 15 is 0 Å². The van der Waals surface area contributed by atoms with Gasteiger partial charge in [0.1, 0.15) is 0 Å². The molecule has 0 fully saturated rings. The number of benzene rings is 1. The van der Waals surface area contributed by atoms with E-state index in [1.54, 1.807) is 0 Å². The average molecular weight is 213 g/mol. The van der Waals surface area contributed by atoms with Gasteiger partial charge < -0.3 is 11.5 Å². The maximum absolute atomic E-state index is 6.14. The third-order valence-corrected chi connectivity index (χ3v) is 2.92. The summed E-state index contributed by atoms with van der Waals surface area (Å²) in [4.78, 5) is 0. The van der Waals surface area contributed by atoms with Crippen molar-refractivity contribution >= 4 is 17.3 Å². The van der Waals surface area contributed by atoms with Crippen LogP contribution in [0.2, 0.25) is 5.02 Å². The van der Waals surface area contributed by atoms with Crippen LogP contribution in [0.1, 0.15) is 31.4 Å². The van der Waals surface area contributed by atoms with Gasteiger partial charge in [-0.2, -0.15) is 0 Å². The van der Waals surface area contributed by atoms with Crippen LogP contribution in [0.4, 0.5) is 5.69 Å². The summed E-state index contributed by atoms with van der Waals surface area (Å²) in [6.07, 6.45) is 0.830. The third kappa shape index (κ3) is 2.02. The molecule has 0 radical (unpaired) electrons. The molecule has 1 unspecified atom stereocenters. The lowest BCUT2D eigenvalue weighted by Crippen LogP contribution is -2.33. The van der Waals surface area contributed by atoms with Gasteiger partial charge in [0.05, 0.1) is 0 Å². The maximum Gasteiger partial charge on any atom is 0.0413 e. The molecule has 0 spiro atoms. The Hall–Kier alpha value is -0.730. The summed E-state index contributed by atoms with van der Waals surface area (Å²) in [5, 5.41) is 0.692. The van der Waals surface area contributed by atoms with E-state index < -0.39 is 5.54 Å². The van der Waals surface area contributed by atoms with Gasteiger partial charge in [0.25, 0.3) is 0 Å². The van der Waals surface area contributed by atoms with Crippen LogP contribution < -0.4 is 11.5 Å². The number of nitrogen functional groups attached to an aromatic ring is 1. The Morgan fingerprint density at radius 3 is 2.50 bits per heavy atom. The molecule has 1 rings (SSSR count). The summed E-state index contributed by atoms with van der Waals surface area (Å²) in [6.45, 7) is 5.95. The van der Waals surface area contributed by atoms with Crippen LogP contribution in [0.15, 0.2) is 12.1 Å². The first-order valence-corrected chi connectivity index (χ1v) is 5.11. The summed E-state index contributed by atoms with van der Waals surface area (Å²) in [6, 6.07) is 3.71. The van der Waals surface area contributed by atoms with Crippen LogP contribution in [-0.2, 0) is 5.54 Å². The minimum absolute atomic E-state index is 0.403. The second kappa shape index (κ2) is 3.79. The Kier molecular flexibility index (Phi) is 3.07. The van der Waals surface area contributed by atoms with Gasteiger partial charge in [-0.05, 0) is 43.5 Å². The van der Waals surface area contributed by atoms with E-state index in [0.29, 0.717) is 5.02 Å². The molecule has 4 N–H and O–H groups in total. The maximum atomic E-state index is 6.14. The highest BCUT2D eigenvalue weighted by Crippen LogP contribution is 2.31. The molecule has 0 saturated heterocycles. The fraction of sp³-hybridized carbons (Fsp3) is 0.455. The van der Waals surface area contributed by atoms with Crippen molar-refractivity contribution in [3.05, 3.63) is 28.3 Å². The van der Waals surface area contributed by atoms with Crippen molar-refractivity contribution in [1.82, 2.24) is 0 Å². The Morgan fingerprint density at radius 1 is 1.43 bits per heavy atom. The first kappa shape index (κ1) is 11.3. The largest absolute Gasteiger partial charge is 0.398 e. The summed E-state index contributed by atoms with van der Waals surface area (Å²) in [5.74, 6) is 0. The standard InChI is InChI=1S/C11H17ClN2/c1-4-11(3,14)9-6-8(12)5-7(2)10(9)13/h5-6H,4,13-14H2,1-3H3. The minimum Gasteiger partial charge on any atom is -0.398 e. The van der Waals surface area contributed by atoms with Crippen molar-refractivity contribution in [3.8, 4) is 0 Å². The molecule has 0 heterocycles. The highest BCUT2D eigenvalue weighted by molar-refractivity contribution is 6.30. The van der Waals surface area contributed by atoms with E-state index in [2.05, 4.69) is 0 Å². The van der Waals surface area contributed by atoms with Gasteiger partial charge in [0, 0.05) is 16.2 Å². The summed E-state index contributed by atoms with van der Waals surface area (Å²) >= 11 is 5.97. The highest BCUT2D eigenvalue weighted by atomic mass is 35.5. The number of nitrogens with two attached hydrogens (primary N) is 2. The Morgan fingerprint density at radius 2 is 2.00 bits per heavy atom. The fourth-order valence-corrected chi connectivity index (χ4v) is 1.69. The molecular formula is C11H17ClN2. The van der Waals surface area contributed by atoms with Gasteiger partial charge >= 0.3 is 0 Å². The molecular weight excluding hydrogens is 196 g/mol. The molecule has 1 atom stereocenters. The Bertz CT molecular complexity index is 345. The summed E-state index contributed by atoms with van der Waals surface area (Å²) in [7, 11) is 0. The van der Waals surface area contributed by atoms with Gasteiger partial charge in [-0.25, -0.2) is 0 Å². The van der Waals surface area contributed by atoms with Crippen molar-refractivity contribution in [1.29, 1.82) is 0 Å². The molecule has 14 heavy (non-hydrogen) atoms. The van der Waals surface area contributed by atoms with E-state index in [9.17, 15) is 0 Å². The molecule has 0 aliphatic rings. The van der Waals surface area contributed by atoms with Crippen molar-refractivity contribution in [2.24, 2.45) is 5.73 Å². The van der Waals surface area contributed by atoms with Crippen molar-refractivity contribution in [3.63, 3.8) is 0 Å². The molecule has 3 heteroatoms. The molecule has 0 aromatic heterocycles. The third-order valence-electron chi connectivity index (χ3n) is 2.70. The van der Waals surface area contributed by atoms with Gasteiger partial charge in [-0.15, -0.1) is 0 Å². The van der Waals surface area contributed by atoms with Crippen molar-refractivity contribution in [2.75, 3.05) is 5.73 Å². The topological polar surface area (TPSA) is 52.0 Å². The van der Waals surface area contributed by atoms with Crippen LogP contribution in [0.3, 0.4) is 0 Å². The van der Waals surface area contributed by atoms with Crippen LogP contribution >= 0.6 is 11.6 Å². The Labute approximate surface area is 90.2 Å². The lowest BCUT2D eigenvalue weighted by molar-refractivity contribution is 0.478. The van der Waals surface area contributed by atoms with Crippen molar-refractivity contribution < 1.29 is 0 Å². The van der Waals surface area contributed by atoms with Gasteiger partial charge in [0.15, 0.2) is 0 Å². The molecule has 78 valence electrons. The number of anilines is 1. The molecule has 2 nitrogen and oxygen atoms in total. The quantitative estimate of drug-likeness (QED) is 0.741. The van der Waals surface area contributed by atoms with Crippen LogP contribution in [0, 0.1) is 6.92 Å². The lowest BCUT2D eigenvalue weighted by atomic mass is 9.88. The van der Waals surface area contributed by atoms with Crippen LogP contribution in [-0.4, -0.2) is 0 Å². The zero-order valence-electron chi connectivity index (χ0n) is 8.89. The lowest BCUT2D eigenvalue weighted by Gasteiger charge is -2.26. The molecule has 1 aromatic carbocycles. The number of rotatable bonds is 2. The van der Waals surface area contributed by atoms with Crippen LogP contribution in [0.5, 0.6) is 0 Å². The zero-order valence-corrected chi connectivity index (χ0v) is 9.65. The minimum atomic E-state index is -0.403. The molecule has 0 amide bonds. The monoisotopic (exact) mass is 212 g/mol. The fourth-order valence-electron chi connectivity index (χ4n) is 1.42. The molecule has 1 aromatic rings. The average Bonchev–Trinajstić information content (AvgIpc) is 2.11. The SMILES string of the molecule is CCC(C)(N)c1cc(Cl)cc(C)c1N. The highest BCUT2D eigenvalue weighted by Gasteiger charge is 2.22. The normalized spacial score (nSPS) is 15.2. The zero-order chi connectivity index (χ0) is 10.9. The first-order chi connectivity index (χ1) is 6.38. The van der Waals surface area contributed by atoms with E-state index in [1.807, 2.05) is 32.9 Å². The molecule has 0 aliphatic carbocycles. The smallest absolute Gasteiger partial charge is 0.0413 e. The predicted molar refractivity (Wildman–Crippen MR) is 62.4 cm³/mol. The molecule has 0 bridgehead atoms.